The number of hydrogen-bond acceptors (Lipinski definition) is 4. The number of ketones is 1. The van der Waals surface area contributed by atoms with E-state index in [0.717, 1.165) is 11.3 Å². The van der Waals surface area contributed by atoms with Crippen LogP contribution in [0.4, 0.5) is 0 Å². The summed E-state index contributed by atoms with van der Waals surface area (Å²) < 4.78 is 11.2. The van der Waals surface area contributed by atoms with Gasteiger partial charge in [0.25, 0.3) is 5.91 Å². The minimum absolute atomic E-state index is 0.0922. The number of nitrogens with one attached hydrogen (secondary N) is 1. The Morgan fingerprint density at radius 3 is 2.37 bits per heavy atom. The predicted molar refractivity (Wildman–Crippen MR) is 114 cm³/mol. The van der Waals surface area contributed by atoms with Crippen molar-refractivity contribution in [1.82, 2.24) is 5.32 Å². The molecular weight excluding hydrogens is 402 g/mol. The second kappa shape index (κ2) is 9.01. The number of rotatable bonds is 6. The molecular formula is C24H20ClNO4. The smallest absolute Gasteiger partial charge is 0.258 e. The molecule has 3 aromatic carbocycles. The Morgan fingerprint density at radius 2 is 1.63 bits per heavy atom. The lowest BCUT2D eigenvalue weighted by molar-refractivity contribution is -0.124. The predicted octanol–water partition coefficient (Wildman–Crippen LogP) is 4.59. The molecule has 1 aliphatic heterocycles. The van der Waals surface area contributed by atoms with Crippen LogP contribution in [0, 0.1) is 0 Å². The summed E-state index contributed by atoms with van der Waals surface area (Å²) in [5.41, 5.74) is 2.07. The van der Waals surface area contributed by atoms with Crippen LogP contribution in [0.3, 0.4) is 0 Å². The topological polar surface area (TPSA) is 64.6 Å². The van der Waals surface area contributed by atoms with Crippen molar-refractivity contribution in [1.29, 1.82) is 0 Å². The minimum Gasteiger partial charge on any atom is -0.493 e. The second-order valence-corrected chi connectivity index (χ2v) is 7.38. The lowest BCUT2D eigenvalue weighted by atomic mass is 10.0. The third kappa shape index (κ3) is 4.63. The summed E-state index contributed by atoms with van der Waals surface area (Å²) in [6, 6.07) is 21.1. The van der Waals surface area contributed by atoms with Gasteiger partial charge in [-0.05, 0) is 54.6 Å². The molecule has 152 valence electrons. The first-order valence-electron chi connectivity index (χ1n) is 9.64. The molecule has 0 aliphatic carbocycles. The normalized spacial score (nSPS) is 14.9. The molecule has 30 heavy (non-hydrogen) atoms. The Hall–Kier alpha value is -3.31. The van der Waals surface area contributed by atoms with Gasteiger partial charge in [-0.2, -0.15) is 0 Å². The molecule has 0 aromatic heterocycles. The first kappa shape index (κ1) is 20.0. The van der Waals surface area contributed by atoms with Crippen molar-refractivity contribution < 1.29 is 19.1 Å². The fourth-order valence-corrected chi connectivity index (χ4v) is 3.47. The van der Waals surface area contributed by atoms with Crippen molar-refractivity contribution in [3.8, 4) is 11.5 Å². The zero-order valence-electron chi connectivity index (χ0n) is 16.1. The number of para-hydroxylation sites is 1. The van der Waals surface area contributed by atoms with Crippen molar-refractivity contribution in [2.75, 3.05) is 13.2 Å². The highest BCUT2D eigenvalue weighted by molar-refractivity contribution is 6.30. The zero-order chi connectivity index (χ0) is 20.9. The van der Waals surface area contributed by atoms with Crippen LogP contribution >= 0.6 is 11.6 Å². The number of hydrogen-bond donors (Lipinski definition) is 1. The fraction of sp³-hybridized carbons (Fsp3) is 0.167. The molecule has 0 saturated carbocycles. The van der Waals surface area contributed by atoms with E-state index in [0.29, 0.717) is 34.9 Å². The molecule has 0 unspecified atom stereocenters. The lowest BCUT2D eigenvalue weighted by Gasteiger charge is -2.26. The van der Waals surface area contributed by atoms with Crippen LogP contribution in [0.25, 0.3) is 0 Å². The van der Waals surface area contributed by atoms with Crippen LogP contribution in [0.15, 0.2) is 72.8 Å². The largest absolute Gasteiger partial charge is 0.493 e. The van der Waals surface area contributed by atoms with Crippen molar-refractivity contribution >= 4 is 23.3 Å². The zero-order valence-corrected chi connectivity index (χ0v) is 16.9. The van der Waals surface area contributed by atoms with Crippen LogP contribution < -0.4 is 14.8 Å². The summed E-state index contributed by atoms with van der Waals surface area (Å²) in [5.74, 6) is 1.01. The number of carbonyl (C=O) groups excluding carboxylic acids is 2. The molecule has 0 bridgehead atoms. The average Bonchev–Trinajstić information content (AvgIpc) is 2.78. The maximum atomic E-state index is 12.5. The summed E-state index contributed by atoms with van der Waals surface area (Å²) in [5, 5.41) is 3.57. The number of fused-ring (bicyclic) bond motifs is 1. The van der Waals surface area contributed by atoms with Crippen LogP contribution in [0.5, 0.6) is 11.5 Å². The maximum absolute atomic E-state index is 12.5. The van der Waals surface area contributed by atoms with Crippen LogP contribution in [0.2, 0.25) is 5.02 Å². The van der Waals surface area contributed by atoms with Gasteiger partial charge in [0.15, 0.2) is 12.4 Å². The minimum atomic E-state index is -0.210. The Bertz CT molecular complexity index is 1050. The third-order valence-corrected chi connectivity index (χ3v) is 5.14. The highest BCUT2D eigenvalue weighted by Gasteiger charge is 2.22. The molecule has 1 amide bonds. The summed E-state index contributed by atoms with van der Waals surface area (Å²) in [6.45, 7) is 0.454. The first-order chi connectivity index (χ1) is 14.6. The van der Waals surface area contributed by atoms with E-state index in [4.69, 9.17) is 21.1 Å². The molecule has 5 nitrogen and oxygen atoms in total. The molecule has 0 spiro atoms. The van der Waals surface area contributed by atoms with E-state index in [1.165, 1.54) is 0 Å². The SMILES string of the molecule is O=C(COc1ccc(C(=O)c2ccc(Cl)cc2)cc1)N[C@@H]1CCOc2ccccc21. The Balaban J connectivity index is 1.33. The molecule has 6 heteroatoms. The van der Waals surface area contributed by atoms with Crippen LogP contribution in [-0.4, -0.2) is 24.9 Å². The van der Waals surface area contributed by atoms with Gasteiger partial charge in [0.2, 0.25) is 0 Å². The molecule has 1 atom stereocenters. The third-order valence-electron chi connectivity index (χ3n) is 4.89. The molecule has 0 radical (unpaired) electrons. The van der Waals surface area contributed by atoms with Crippen molar-refractivity contribution in [3.63, 3.8) is 0 Å². The molecule has 4 rings (SSSR count). The van der Waals surface area contributed by atoms with E-state index in [1.807, 2.05) is 24.3 Å². The second-order valence-electron chi connectivity index (χ2n) is 6.94. The van der Waals surface area contributed by atoms with Gasteiger partial charge >= 0.3 is 0 Å². The van der Waals surface area contributed by atoms with E-state index in [2.05, 4.69) is 5.32 Å². The van der Waals surface area contributed by atoms with Crippen molar-refractivity contribution in [3.05, 3.63) is 94.5 Å². The fourth-order valence-electron chi connectivity index (χ4n) is 3.35. The highest BCUT2D eigenvalue weighted by Crippen LogP contribution is 2.31. The summed E-state index contributed by atoms with van der Waals surface area (Å²) >= 11 is 5.86. The van der Waals surface area contributed by atoms with Crippen molar-refractivity contribution in [2.24, 2.45) is 0 Å². The van der Waals surface area contributed by atoms with E-state index in [1.54, 1.807) is 48.5 Å². The Morgan fingerprint density at radius 1 is 0.967 bits per heavy atom. The number of benzene rings is 3. The highest BCUT2D eigenvalue weighted by atomic mass is 35.5. The van der Waals surface area contributed by atoms with E-state index in [-0.39, 0.29) is 24.3 Å². The van der Waals surface area contributed by atoms with Gasteiger partial charge < -0.3 is 14.8 Å². The van der Waals surface area contributed by atoms with Gasteiger partial charge in [-0.1, -0.05) is 29.8 Å². The number of carbonyl (C=O) groups is 2. The standard InChI is InChI=1S/C24H20ClNO4/c25-18-9-5-16(6-10-18)24(28)17-7-11-19(12-8-17)30-15-23(27)26-21-13-14-29-22-4-2-1-3-20(21)22/h1-12,21H,13-15H2,(H,26,27)/t21-/m1/s1. The van der Waals surface area contributed by atoms with Gasteiger partial charge in [0.1, 0.15) is 11.5 Å². The number of halogens is 1. The average molecular weight is 422 g/mol. The quantitative estimate of drug-likeness (QED) is 0.591. The first-order valence-corrected chi connectivity index (χ1v) is 10.0. The van der Waals surface area contributed by atoms with Crippen molar-refractivity contribution in [2.45, 2.75) is 12.5 Å². The molecule has 0 saturated heterocycles. The lowest BCUT2D eigenvalue weighted by Crippen LogP contribution is -2.35. The van der Waals surface area contributed by atoms with Crippen LogP contribution in [0.1, 0.15) is 33.9 Å². The molecule has 3 aromatic rings. The monoisotopic (exact) mass is 421 g/mol. The van der Waals surface area contributed by atoms with Gasteiger partial charge in [-0.25, -0.2) is 0 Å². The molecule has 1 aliphatic rings. The van der Waals surface area contributed by atoms with Gasteiger partial charge in [0, 0.05) is 28.1 Å². The maximum Gasteiger partial charge on any atom is 0.258 e. The molecule has 1 heterocycles. The summed E-state index contributed by atoms with van der Waals surface area (Å²) in [6.07, 6.45) is 0.713. The van der Waals surface area contributed by atoms with Crippen LogP contribution in [-0.2, 0) is 4.79 Å². The van der Waals surface area contributed by atoms with E-state index < -0.39 is 0 Å². The number of amides is 1. The molecule has 0 fully saturated rings. The Labute approximate surface area is 179 Å². The van der Waals surface area contributed by atoms with Gasteiger partial charge in [0.05, 0.1) is 12.6 Å². The van der Waals surface area contributed by atoms with Gasteiger partial charge in [-0.3, -0.25) is 9.59 Å². The van der Waals surface area contributed by atoms with E-state index in [9.17, 15) is 9.59 Å². The Kier molecular flexibility index (Phi) is 6.00. The summed E-state index contributed by atoms with van der Waals surface area (Å²) in [4.78, 5) is 24.8. The summed E-state index contributed by atoms with van der Waals surface area (Å²) in [7, 11) is 0. The van der Waals surface area contributed by atoms with E-state index >= 15 is 0 Å². The molecule has 1 N–H and O–H groups in total. The number of ether oxygens (including phenoxy) is 2. The van der Waals surface area contributed by atoms with Gasteiger partial charge in [-0.15, -0.1) is 0 Å².